The average Bonchev–Trinajstić information content (AvgIpc) is 3.01. The second-order valence-corrected chi connectivity index (χ2v) is 5.34. The first-order valence-electron chi connectivity index (χ1n) is 7.78. The van der Waals surface area contributed by atoms with Gasteiger partial charge in [-0.3, -0.25) is 0 Å². The summed E-state index contributed by atoms with van der Waals surface area (Å²) < 4.78 is 12.7. The quantitative estimate of drug-likeness (QED) is 0.710. The third-order valence-electron chi connectivity index (χ3n) is 3.64. The van der Waals surface area contributed by atoms with Crippen LogP contribution in [-0.4, -0.2) is 31.9 Å². The highest BCUT2D eigenvalue weighted by Crippen LogP contribution is 2.28. The van der Waals surface area contributed by atoms with E-state index >= 15 is 0 Å². The Morgan fingerprint density at radius 1 is 1.20 bits per heavy atom. The van der Waals surface area contributed by atoms with Gasteiger partial charge in [0.1, 0.15) is 23.9 Å². The van der Waals surface area contributed by atoms with Crippen molar-refractivity contribution < 1.29 is 14.6 Å². The molecule has 8 heteroatoms. The van der Waals surface area contributed by atoms with E-state index in [1.165, 1.54) is 0 Å². The van der Waals surface area contributed by atoms with Gasteiger partial charge in [0.2, 0.25) is 0 Å². The molecule has 1 aromatic heterocycles. The van der Waals surface area contributed by atoms with Gasteiger partial charge in [0, 0.05) is 0 Å². The van der Waals surface area contributed by atoms with Gasteiger partial charge in [-0.15, -0.1) is 0 Å². The summed E-state index contributed by atoms with van der Waals surface area (Å²) in [6.45, 7) is 4.36. The monoisotopic (exact) mass is 342 g/mol. The number of rotatable bonds is 6. The van der Waals surface area contributed by atoms with Gasteiger partial charge in [0.15, 0.2) is 0 Å². The fraction of sp³-hybridized carbons (Fsp3) is 0.235. The topological polar surface area (TPSA) is 102 Å². The molecular weight excluding hydrogens is 324 g/mol. The number of aromatic hydroxyl groups is 1. The molecule has 0 radical (unpaired) electrons. The van der Waals surface area contributed by atoms with Crippen molar-refractivity contribution in [3.8, 4) is 22.9 Å². The summed E-state index contributed by atoms with van der Waals surface area (Å²) in [5, 5.41) is 19.1. The number of ether oxygens (including phenoxy) is 2. The van der Waals surface area contributed by atoms with E-state index in [4.69, 9.17) is 9.47 Å². The van der Waals surface area contributed by atoms with Crippen LogP contribution in [0.25, 0.3) is 5.69 Å². The van der Waals surface area contributed by atoms with E-state index in [-0.39, 0.29) is 12.4 Å². The minimum Gasteiger partial charge on any atom is -0.508 e. The highest BCUT2D eigenvalue weighted by Gasteiger charge is 2.15. The number of aromatic amines is 1. The number of hydrogen-bond acceptors (Lipinski definition) is 6. The molecule has 0 aliphatic rings. The molecule has 0 amide bonds. The molecule has 0 unspecified atom stereocenters. The smallest absolute Gasteiger partial charge is 0.365 e. The summed E-state index contributed by atoms with van der Waals surface area (Å²) in [5.74, 6) is 1.41. The Morgan fingerprint density at radius 2 is 2.04 bits per heavy atom. The molecule has 3 rings (SSSR count). The number of aromatic nitrogens is 4. The van der Waals surface area contributed by atoms with Crippen LogP contribution in [0.3, 0.4) is 0 Å². The summed E-state index contributed by atoms with van der Waals surface area (Å²) >= 11 is 0. The predicted molar refractivity (Wildman–Crippen MR) is 90.3 cm³/mol. The molecule has 0 atom stereocenters. The number of nitrogens with one attached hydrogen (secondary N) is 1. The molecule has 8 nitrogen and oxygen atoms in total. The maximum atomic E-state index is 11.9. The zero-order chi connectivity index (χ0) is 17.8. The normalized spacial score (nSPS) is 10.6. The lowest BCUT2D eigenvalue weighted by Crippen LogP contribution is -2.18. The van der Waals surface area contributed by atoms with E-state index in [1.54, 1.807) is 36.4 Å². The summed E-state index contributed by atoms with van der Waals surface area (Å²) in [6, 6.07) is 10.2. The fourth-order valence-corrected chi connectivity index (χ4v) is 2.49. The summed E-state index contributed by atoms with van der Waals surface area (Å²) in [4.78, 5) is 11.9. The van der Waals surface area contributed by atoms with Crippen LogP contribution in [0.5, 0.6) is 17.2 Å². The number of aryl methyl sites for hydroxylation is 1. The van der Waals surface area contributed by atoms with Crippen molar-refractivity contribution in [1.82, 2.24) is 20.2 Å². The fourth-order valence-electron chi connectivity index (χ4n) is 2.49. The van der Waals surface area contributed by atoms with Crippen molar-refractivity contribution >= 4 is 0 Å². The van der Waals surface area contributed by atoms with E-state index in [2.05, 4.69) is 15.5 Å². The van der Waals surface area contributed by atoms with Crippen LogP contribution in [0.4, 0.5) is 0 Å². The van der Waals surface area contributed by atoms with E-state index in [9.17, 15) is 9.90 Å². The standard InChI is InChI=1S/C17H18N4O4/c1-3-24-16-6-4-5-14(21-17(23)18-19-20-21)13(16)10-25-15-8-7-12(22)9-11(15)2/h4-9,22H,3,10H2,1-2H3,(H,18,20,23). The van der Waals surface area contributed by atoms with Crippen molar-refractivity contribution in [3.63, 3.8) is 0 Å². The van der Waals surface area contributed by atoms with Crippen LogP contribution in [0.15, 0.2) is 41.2 Å². The van der Waals surface area contributed by atoms with Gasteiger partial charge in [-0.05, 0) is 60.2 Å². The molecule has 130 valence electrons. The molecule has 0 fully saturated rings. The largest absolute Gasteiger partial charge is 0.508 e. The van der Waals surface area contributed by atoms with Gasteiger partial charge in [-0.2, -0.15) is 4.68 Å². The van der Waals surface area contributed by atoms with Crippen LogP contribution in [0.1, 0.15) is 18.1 Å². The van der Waals surface area contributed by atoms with Crippen LogP contribution < -0.4 is 15.2 Å². The predicted octanol–water partition coefficient (Wildman–Crippen LogP) is 1.95. The third-order valence-corrected chi connectivity index (χ3v) is 3.64. The minimum atomic E-state index is -0.448. The summed E-state index contributed by atoms with van der Waals surface area (Å²) in [7, 11) is 0. The van der Waals surface area contributed by atoms with Gasteiger partial charge in [-0.1, -0.05) is 6.07 Å². The van der Waals surface area contributed by atoms with Crippen molar-refractivity contribution in [1.29, 1.82) is 0 Å². The Labute approximate surface area is 143 Å². The SMILES string of the molecule is CCOc1cccc(-n2nn[nH]c2=O)c1COc1ccc(O)cc1C. The Hall–Kier alpha value is -3.29. The van der Waals surface area contributed by atoms with Crippen LogP contribution in [0, 0.1) is 6.92 Å². The molecule has 3 aromatic rings. The van der Waals surface area contributed by atoms with Gasteiger partial charge in [0.05, 0.1) is 17.9 Å². The molecule has 0 aliphatic carbocycles. The molecule has 1 heterocycles. The minimum absolute atomic E-state index is 0.163. The first kappa shape index (κ1) is 16.6. The summed E-state index contributed by atoms with van der Waals surface area (Å²) in [6.07, 6.45) is 0. The molecular formula is C17H18N4O4. The zero-order valence-corrected chi connectivity index (χ0v) is 13.9. The maximum absolute atomic E-state index is 11.9. The number of phenols is 1. The lowest BCUT2D eigenvalue weighted by molar-refractivity contribution is 0.284. The second kappa shape index (κ2) is 7.08. The molecule has 25 heavy (non-hydrogen) atoms. The Kier molecular flexibility index (Phi) is 4.69. The Balaban J connectivity index is 1.98. The number of hydrogen-bond donors (Lipinski definition) is 2. The second-order valence-electron chi connectivity index (χ2n) is 5.34. The van der Waals surface area contributed by atoms with Crippen molar-refractivity contribution in [2.45, 2.75) is 20.5 Å². The Morgan fingerprint density at radius 3 is 2.72 bits per heavy atom. The van der Waals surface area contributed by atoms with E-state index < -0.39 is 5.69 Å². The first-order valence-corrected chi connectivity index (χ1v) is 7.78. The van der Waals surface area contributed by atoms with E-state index in [0.29, 0.717) is 29.4 Å². The lowest BCUT2D eigenvalue weighted by atomic mass is 10.1. The van der Waals surface area contributed by atoms with Gasteiger partial charge < -0.3 is 14.6 Å². The number of tetrazole rings is 1. The molecule has 0 bridgehead atoms. The van der Waals surface area contributed by atoms with Crippen molar-refractivity contribution in [2.75, 3.05) is 6.61 Å². The highest BCUT2D eigenvalue weighted by atomic mass is 16.5. The molecule has 2 aromatic carbocycles. The van der Waals surface area contributed by atoms with E-state index in [1.807, 2.05) is 13.8 Å². The third kappa shape index (κ3) is 3.47. The first-order chi connectivity index (χ1) is 12.1. The lowest BCUT2D eigenvalue weighted by Gasteiger charge is -2.16. The van der Waals surface area contributed by atoms with Gasteiger partial charge >= 0.3 is 5.69 Å². The average molecular weight is 342 g/mol. The molecule has 0 saturated carbocycles. The number of benzene rings is 2. The van der Waals surface area contributed by atoms with E-state index in [0.717, 1.165) is 10.2 Å². The zero-order valence-electron chi connectivity index (χ0n) is 13.9. The van der Waals surface area contributed by atoms with Gasteiger partial charge in [0.25, 0.3) is 0 Å². The molecule has 0 aliphatic heterocycles. The Bertz CT molecular complexity index is 932. The molecule has 0 spiro atoms. The number of nitrogens with zero attached hydrogens (tertiary/aromatic N) is 3. The van der Waals surface area contributed by atoms with Crippen LogP contribution >= 0.6 is 0 Å². The van der Waals surface area contributed by atoms with Crippen LogP contribution in [0.2, 0.25) is 0 Å². The summed E-state index contributed by atoms with van der Waals surface area (Å²) in [5.41, 5.74) is 1.55. The van der Waals surface area contributed by atoms with Crippen molar-refractivity contribution in [2.24, 2.45) is 0 Å². The number of H-pyrrole nitrogens is 1. The van der Waals surface area contributed by atoms with Crippen molar-refractivity contribution in [3.05, 3.63) is 58.0 Å². The maximum Gasteiger partial charge on any atom is 0.365 e. The molecule has 2 N–H and O–H groups in total. The highest BCUT2D eigenvalue weighted by molar-refractivity contribution is 5.49. The number of phenolic OH excluding ortho intramolecular Hbond substituents is 1. The van der Waals surface area contributed by atoms with Gasteiger partial charge in [-0.25, -0.2) is 9.89 Å². The molecule has 0 saturated heterocycles. The van der Waals surface area contributed by atoms with Crippen LogP contribution in [-0.2, 0) is 6.61 Å².